The number of carbonyl (C=O) groups excluding carboxylic acids is 4. The van der Waals surface area contributed by atoms with Crippen LogP contribution in [0.15, 0.2) is 41.4 Å². The Bertz CT molecular complexity index is 962. The number of benzene rings is 1. The first-order valence-electron chi connectivity index (χ1n) is 7.92. The Morgan fingerprint density at radius 1 is 1.26 bits per heavy atom. The molecule has 0 spiro atoms. The number of rotatable bonds is 6. The molecule has 0 aliphatic carbocycles. The van der Waals surface area contributed by atoms with Crippen LogP contribution >= 0.6 is 0 Å². The summed E-state index contributed by atoms with van der Waals surface area (Å²) in [6.45, 7) is 4.70. The number of ether oxygens (including phenoxy) is 1. The molecule has 1 aromatic carbocycles. The van der Waals surface area contributed by atoms with Crippen molar-refractivity contribution in [3.8, 4) is 0 Å². The first-order valence-corrected chi connectivity index (χ1v) is 7.92. The topological polar surface area (TPSA) is 119 Å². The van der Waals surface area contributed by atoms with E-state index in [4.69, 9.17) is 9.26 Å². The Morgan fingerprint density at radius 3 is 2.67 bits per heavy atom. The first kappa shape index (κ1) is 18.1. The molecule has 0 bridgehead atoms. The van der Waals surface area contributed by atoms with Crippen LogP contribution in [-0.4, -0.2) is 46.9 Å². The first-order chi connectivity index (χ1) is 12.9. The molecular formula is C18H15N3O6. The fraction of sp³-hybridized carbons (Fsp3) is 0.167. The van der Waals surface area contributed by atoms with E-state index in [1.54, 1.807) is 6.92 Å². The Balaban J connectivity index is 1.65. The number of aromatic nitrogens is 1. The molecule has 2 aromatic rings. The van der Waals surface area contributed by atoms with Crippen molar-refractivity contribution >= 4 is 29.5 Å². The van der Waals surface area contributed by atoms with Gasteiger partial charge in [-0.05, 0) is 25.1 Å². The van der Waals surface area contributed by atoms with E-state index < -0.39 is 30.3 Å². The van der Waals surface area contributed by atoms with Crippen LogP contribution in [0.4, 0.5) is 5.82 Å². The van der Waals surface area contributed by atoms with Gasteiger partial charge in [0, 0.05) is 12.6 Å². The molecule has 0 fully saturated rings. The van der Waals surface area contributed by atoms with Gasteiger partial charge in [0.05, 0.1) is 16.7 Å². The molecule has 0 radical (unpaired) electrons. The minimum Gasteiger partial charge on any atom is -0.452 e. The standard InChI is InChI=1S/C18H15N3O6/c1-3-6-21-16(23)12-5-4-11(8-13(12)17(21)24)18(25)26-9-15(22)19-14-7-10(2)27-20-14/h3-5,7-8H,1,6,9H2,2H3,(H,19,20,22). The molecule has 1 aliphatic heterocycles. The van der Waals surface area contributed by atoms with E-state index in [1.807, 2.05) is 0 Å². The highest BCUT2D eigenvalue weighted by Crippen LogP contribution is 2.24. The van der Waals surface area contributed by atoms with Crippen LogP contribution in [0.2, 0.25) is 0 Å². The smallest absolute Gasteiger partial charge is 0.338 e. The normalized spacial score (nSPS) is 12.7. The van der Waals surface area contributed by atoms with Crippen molar-refractivity contribution in [3.63, 3.8) is 0 Å². The average molecular weight is 369 g/mol. The van der Waals surface area contributed by atoms with Gasteiger partial charge in [0.1, 0.15) is 5.76 Å². The third-order valence-electron chi connectivity index (χ3n) is 3.75. The summed E-state index contributed by atoms with van der Waals surface area (Å²) >= 11 is 0. The third-order valence-corrected chi connectivity index (χ3v) is 3.75. The van der Waals surface area contributed by atoms with Crippen LogP contribution in [0.5, 0.6) is 0 Å². The van der Waals surface area contributed by atoms with Crippen molar-refractivity contribution in [2.24, 2.45) is 0 Å². The zero-order chi connectivity index (χ0) is 19.6. The molecule has 0 saturated heterocycles. The monoisotopic (exact) mass is 369 g/mol. The van der Waals surface area contributed by atoms with Gasteiger partial charge in [-0.3, -0.25) is 19.3 Å². The number of fused-ring (bicyclic) bond motifs is 1. The number of imide groups is 1. The molecule has 0 atom stereocenters. The molecule has 3 rings (SSSR count). The van der Waals surface area contributed by atoms with Crippen molar-refractivity contribution in [2.75, 3.05) is 18.5 Å². The van der Waals surface area contributed by atoms with E-state index in [9.17, 15) is 19.2 Å². The molecule has 0 unspecified atom stereocenters. The van der Waals surface area contributed by atoms with Crippen molar-refractivity contribution in [3.05, 3.63) is 59.4 Å². The summed E-state index contributed by atoms with van der Waals surface area (Å²) in [7, 11) is 0. The molecule has 27 heavy (non-hydrogen) atoms. The van der Waals surface area contributed by atoms with E-state index >= 15 is 0 Å². The highest BCUT2D eigenvalue weighted by atomic mass is 16.5. The Labute approximate surface area is 153 Å². The number of nitrogens with one attached hydrogen (secondary N) is 1. The number of nitrogens with zero attached hydrogens (tertiary/aromatic N) is 2. The van der Waals surface area contributed by atoms with Crippen LogP contribution in [0.1, 0.15) is 36.8 Å². The molecule has 9 heteroatoms. The van der Waals surface area contributed by atoms with Crippen molar-refractivity contribution in [1.29, 1.82) is 0 Å². The fourth-order valence-electron chi connectivity index (χ4n) is 2.53. The molecule has 1 N–H and O–H groups in total. The van der Waals surface area contributed by atoms with Gasteiger partial charge in [-0.15, -0.1) is 6.58 Å². The Hall–Kier alpha value is -3.75. The van der Waals surface area contributed by atoms with Gasteiger partial charge < -0.3 is 14.6 Å². The van der Waals surface area contributed by atoms with E-state index in [1.165, 1.54) is 30.3 Å². The van der Waals surface area contributed by atoms with Gasteiger partial charge in [0.2, 0.25) is 0 Å². The fourth-order valence-corrected chi connectivity index (χ4v) is 2.53. The van der Waals surface area contributed by atoms with Crippen LogP contribution in [-0.2, 0) is 9.53 Å². The summed E-state index contributed by atoms with van der Waals surface area (Å²) in [5.41, 5.74) is 0.372. The van der Waals surface area contributed by atoms with Crippen LogP contribution < -0.4 is 5.32 Å². The lowest BCUT2D eigenvalue weighted by Gasteiger charge is -2.09. The molecule has 3 amide bonds. The summed E-state index contributed by atoms with van der Waals surface area (Å²) in [4.78, 5) is 49.3. The number of hydrogen-bond acceptors (Lipinski definition) is 7. The highest BCUT2D eigenvalue weighted by Gasteiger charge is 2.35. The van der Waals surface area contributed by atoms with Gasteiger partial charge in [-0.1, -0.05) is 11.2 Å². The summed E-state index contributed by atoms with van der Waals surface area (Å²) in [6.07, 6.45) is 1.44. The predicted molar refractivity (Wildman–Crippen MR) is 92.2 cm³/mol. The number of carbonyl (C=O) groups is 4. The molecule has 0 saturated carbocycles. The number of hydrogen-bond donors (Lipinski definition) is 1. The second kappa shape index (κ2) is 7.24. The zero-order valence-electron chi connectivity index (χ0n) is 14.4. The Kier molecular flexibility index (Phi) is 4.84. The number of esters is 1. The molecular weight excluding hydrogens is 354 g/mol. The van der Waals surface area contributed by atoms with Crippen LogP contribution in [0.25, 0.3) is 0 Å². The molecule has 2 heterocycles. The average Bonchev–Trinajstić information content (AvgIpc) is 3.16. The highest BCUT2D eigenvalue weighted by molar-refractivity contribution is 6.22. The summed E-state index contributed by atoms with van der Waals surface area (Å²) in [5.74, 6) is -1.63. The van der Waals surface area contributed by atoms with Crippen LogP contribution in [0, 0.1) is 6.92 Å². The maximum Gasteiger partial charge on any atom is 0.338 e. The van der Waals surface area contributed by atoms with Gasteiger partial charge in [-0.25, -0.2) is 4.79 Å². The van der Waals surface area contributed by atoms with Gasteiger partial charge in [-0.2, -0.15) is 0 Å². The van der Waals surface area contributed by atoms with E-state index in [0.717, 1.165) is 4.90 Å². The Morgan fingerprint density at radius 2 is 2.00 bits per heavy atom. The largest absolute Gasteiger partial charge is 0.452 e. The summed E-state index contributed by atoms with van der Waals surface area (Å²) in [5, 5.41) is 6.00. The summed E-state index contributed by atoms with van der Waals surface area (Å²) < 4.78 is 9.74. The van der Waals surface area contributed by atoms with E-state index in [0.29, 0.717) is 5.76 Å². The molecule has 1 aromatic heterocycles. The van der Waals surface area contributed by atoms with Crippen molar-refractivity contribution in [2.45, 2.75) is 6.92 Å². The second-order valence-corrected chi connectivity index (χ2v) is 5.72. The van der Waals surface area contributed by atoms with Crippen molar-refractivity contribution in [1.82, 2.24) is 10.1 Å². The maximum atomic E-state index is 12.3. The zero-order valence-corrected chi connectivity index (χ0v) is 14.4. The van der Waals surface area contributed by atoms with Crippen LogP contribution in [0.3, 0.4) is 0 Å². The second-order valence-electron chi connectivity index (χ2n) is 5.72. The molecule has 1 aliphatic rings. The predicted octanol–water partition coefficient (Wildman–Crippen LogP) is 1.56. The van der Waals surface area contributed by atoms with Crippen molar-refractivity contribution < 1.29 is 28.4 Å². The SMILES string of the molecule is C=CCN1C(=O)c2ccc(C(=O)OCC(=O)Nc3cc(C)on3)cc2C1=O. The van der Waals surface area contributed by atoms with Gasteiger partial charge >= 0.3 is 5.97 Å². The minimum atomic E-state index is -0.799. The molecule has 138 valence electrons. The van der Waals surface area contributed by atoms with Gasteiger partial charge in [0.15, 0.2) is 12.4 Å². The maximum absolute atomic E-state index is 12.3. The lowest BCUT2D eigenvalue weighted by molar-refractivity contribution is -0.119. The number of aryl methyl sites for hydroxylation is 1. The number of amides is 3. The number of anilines is 1. The molecule has 9 nitrogen and oxygen atoms in total. The summed E-state index contributed by atoms with van der Waals surface area (Å²) in [6, 6.07) is 5.54. The third kappa shape index (κ3) is 3.61. The lowest BCUT2D eigenvalue weighted by atomic mass is 10.1. The van der Waals surface area contributed by atoms with Gasteiger partial charge in [0.25, 0.3) is 17.7 Å². The van der Waals surface area contributed by atoms with E-state index in [2.05, 4.69) is 17.1 Å². The minimum absolute atomic E-state index is 0.0560. The lowest BCUT2D eigenvalue weighted by Crippen LogP contribution is -2.29. The quantitative estimate of drug-likeness (QED) is 0.466. The van der Waals surface area contributed by atoms with E-state index in [-0.39, 0.29) is 29.1 Å².